The van der Waals surface area contributed by atoms with E-state index in [4.69, 9.17) is 0 Å². The summed E-state index contributed by atoms with van der Waals surface area (Å²) >= 11 is 0. The number of rotatable bonds is 3. The van der Waals surface area contributed by atoms with Gasteiger partial charge in [0.2, 0.25) is 10.0 Å². The minimum absolute atomic E-state index is 0.210. The molecule has 6 nitrogen and oxygen atoms in total. The van der Waals surface area contributed by atoms with Gasteiger partial charge in [-0.3, -0.25) is 0 Å². The SMILES string of the molecule is C=CCS(=O)(=O)N1NS1(=O)=O. The summed E-state index contributed by atoms with van der Waals surface area (Å²) in [5, 5.41) is 0. The second-order valence-corrected chi connectivity index (χ2v) is 5.45. The average Bonchev–Trinajstić information content (AvgIpc) is 2.41. The van der Waals surface area contributed by atoms with Crippen molar-refractivity contribution >= 4 is 20.2 Å². The molecule has 1 atom stereocenters. The van der Waals surface area contributed by atoms with Gasteiger partial charge in [-0.15, -0.1) is 11.4 Å². The Hall–Kier alpha value is -0.440. The van der Waals surface area contributed by atoms with Crippen LogP contribution in [-0.2, 0) is 20.2 Å². The molecule has 1 N–H and O–H groups in total. The normalized spacial score (nSPS) is 27.8. The molecule has 1 heterocycles. The van der Waals surface area contributed by atoms with Crippen LogP contribution in [0.3, 0.4) is 0 Å². The standard InChI is InChI=1S/C3H6N2O4S2/c1-2-3-10(6,7)5-4-11(5,8)9/h2,4H,1,3H2. The van der Waals surface area contributed by atoms with Crippen molar-refractivity contribution in [1.82, 2.24) is 8.65 Å². The molecule has 11 heavy (non-hydrogen) atoms. The topological polar surface area (TPSA) is 93.2 Å². The summed E-state index contributed by atoms with van der Waals surface area (Å²) in [4.78, 5) is 1.70. The summed E-state index contributed by atoms with van der Waals surface area (Å²) in [6.45, 7) is 3.18. The Morgan fingerprint density at radius 3 is 2.27 bits per heavy atom. The molecule has 0 aromatic rings. The molecule has 0 aromatic heterocycles. The maximum absolute atomic E-state index is 10.8. The van der Waals surface area contributed by atoms with E-state index in [-0.39, 0.29) is 9.57 Å². The zero-order chi connectivity index (χ0) is 8.70. The van der Waals surface area contributed by atoms with Crippen LogP contribution in [0.1, 0.15) is 0 Å². The Labute approximate surface area is 64.7 Å². The maximum Gasteiger partial charge on any atom is 0.321 e. The van der Waals surface area contributed by atoms with Crippen LogP contribution in [0, 0.1) is 0 Å². The monoisotopic (exact) mass is 198 g/mol. The highest BCUT2D eigenvalue weighted by atomic mass is 32.3. The maximum atomic E-state index is 10.8. The van der Waals surface area contributed by atoms with Crippen LogP contribution in [0.15, 0.2) is 12.7 Å². The highest BCUT2D eigenvalue weighted by molar-refractivity contribution is 8.08. The average molecular weight is 198 g/mol. The summed E-state index contributed by atoms with van der Waals surface area (Å²) in [5.41, 5.74) is 0. The summed E-state index contributed by atoms with van der Waals surface area (Å²) in [7, 11) is -7.42. The van der Waals surface area contributed by atoms with E-state index in [9.17, 15) is 16.8 Å². The van der Waals surface area contributed by atoms with Crippen molar-refractivity contribution in [2.75, 3.05) is 5.75 Å². The third kappa shape index (κ3) is 1.59. The van der Waals surface area contributed by atoms with E-state index in [0.29, 0.717) is 0 Å². The van der Waals surface area contributed by atoms with Crippen LogP contribution < -0.4 is 4.83 Å². The Morgan fingerprint density at radius 1 is 1.55 bits per heavy atom. The van der Waals surface area contributed by atoms with Gasteiger partial charge >= 0.3 is 10.2 Å². The number of hydrogen-bond donors (Lipinski definition) is 1. The predicted molar refractivity (Wildman–Crippen MR) is 37.9 cm³/mol. The lowest BCUT2D eigenvalue weighted by Crippen LogP contribution is -2.17. The van der Waals surface area contributed by atoms with Gasteiger partial charge < -0.3 is 0 Å². The van der Waals surface area contributed by atoms with Crippen LogP contribution >= 0.6 is 0 Å². The molecule has 1 unspecified atom stereocenters. The summed E-state index contributed by atoms with van der Waals surface area (Å²) < 4.78 is 42.6. The highest BCUT2D eigenvalue weighted by Crippen LogP contribution is 2.16. The fourth-order valence-electron chi connectivity index (χ4n) is 0.500. The van der Waals surface area contributed by atoms with Gasteiger partial charge in [-0.1, -0.05) is 6.08 Å². The van der Waals surface area contributed by atoms with E-state index in [1.165, 1.54) is 0 Å². The first kappa shape index (κ1) is 8.65. The number of nitrogens with one attached hydrogen (secondary N) is 1. The molecule has 0 radical (unpaired) electrons. The second kappa shape index (κ2) is 2.27. The van der Waals surface area contributed by atoms with Crippen molar-refractivity contribution in [2.45, 2.75) is 0 Å². The first-order chi connectivity index (χ1) is 4.90. The molecule has 1 aliphatic heterocycles. The van der Waals surface area contributed by atoms with Crippen LogP contribution in [0.4, 0.5) is 0 Å². The van der Waals surface area contributed by atoms with Gasteiger partial charge in [0.15, 0.2) is 0 Å². The molecular formula is C3H6N2O4S2. The van der Waals surface area contributed by atoms with E-state index >= 15 is 0 Å². The van der Waals surface area contributed by atoms with Gasteiger partial charge in [0.05, 0.1) is 5.75 Å². The molecular weight excluding hydrogens is 192 g/mol. The van der Waals surface area contributed by atoms with E-state index in [1.807, 2.05) is 0 Å². The molecule has 8 heteroatoms. The largest absolute Gasteiger partial charge is 0.321 e. The summed E-state index contributed by atoms with van der Waals surface area (Å²) in [6, 6.07) is 0. The molecule has 0 bridgehead atoms. The van der Waals surface area contributed by atoms with Gasteiger partial charge in [0.25, 0.3) is 0 Å². The van der Waals surface area contributed by atoms with Crippen LogP contribution in [0.25, 0.3) is 0 Å². The van der Waals surface area contributed by atoms with E-state index < -0.39 is 20.2 Å². The first-order valence-corrected chi connectivity index (χ1v) is 5.61. The van der Waals surface area contributed by atoms with Gasteiger partial charge in [-0.2, -0.15) is 8.42 Å². The molecule has 0 saturated carbocycles. The fraction of sp³-hybridized carbons (Fsp3) is 0.333. The predicted octanol–water partition coefficient (Wildman–Crippen LogP) is -1.43. The third-order valence-corrected chi connectivity index (χ3v) is 4.36. The van der Waals surface area contributed by atoms with Gasteiger partial charge in [0, 0.05) is 3.82 Å². The lowest BCUT2D eigenvalue weighted by Gasteiger charge is -1.92. The van der Waals surface area contributed by atoms with Gasteiger partial charge in [-0.25, -0.2) is 8.42 Å². The Kier molecular flexibility index (Phi) is 1.79. The zero-order valence-corrected chi connectivity index (χ0v) is 7.02. The smallest absolute Gasteiger partial charge is 0.210 e. The second-order valence-electron chi connectivity index (χ2n) is 1.86. The van der Waals surface area contributed by atoms with Crippen molar-refractivity contribution in [3.05, 3.63) is 12.7 Å². The Balaban J connectivity index is 2.87. The third-order valence-electron chi connectivity index (χ3n) is 0.957. The van der Waals surface area contributed by atoms with E-state index in [0.717, 1.165) is 6.08 Å². The van der Waals surface area contributed by atoms with E-state index in [1.54, 1.807) is 4.83 Å². The lowest BCUT2D eigenvalue weighted by atomic mass is 10.8. The Bertz CT molecular complexity index is 366. The lowest BCUT2D eigenvalue weighted by molar-refractivity contribution is 0.559. The van der Waals surface area contributed by atoms with E-state index in [2.05, 4.69) is 6.58 Å². The number of nitrogens with zero attached hydrogens (tertiary/aromatic N) is 1. The molecule has 1 rings (SSSR count). The molecule has 0 aliphatic carbocycles. The molecule has 1 fully saturated rings. The van der Waals surface area contributed by atoms with Crippen LogP contribution in [0.5, 0.6) is 0 Å². The van der Waals surface area contributed by atoms with Crippen molar-refractivity contribution < 1.29 is 16.8 Å². The number of hydrogen-bond acceptors (Lipinski definition) is 4. The highest BCUT2D eigenvalue weighted by Gasteiger charge is 2.49. The number of hydrazine groups is 1. The van der Waals surface area contributed by atoms with Crippen LogP contribution in [-0.4, -0.2) is 26.4 Å². The zero-order valence-electron chi connectivity index (χ0n) is 5.39. The molecule has 0 amide bonds. The van der Waals surface area contributed by atoms with Crippen LogP contribution in [0.2, 0.25) is 0 Å². The minimum Gasteiger partial charge on any atom is -0.210 e. The van der Waals surface area contributed by atoms with Crippen molar-refractivity contribution in [1.29, 1.82) is 0 Å². The molecule has 0 spiro atoms. The van der Waals surface area contributed by atoms with Gasteiger partial charge in [0.1, 0.15) is 0 Å². The quantitative estimate of drug-likeness (QED) is 0.444. The molecule has 64 valence electrons. The summed E-state index contributed by atoms with van der Waals surface area (Å²) in [6.07, 6.45) is 1.12. The van der Waals surface area contributed by atoms with Crippen molar-refractivity contribution in [3.63, 3.8) is 0 Å². The minimum atomic E-state index is -3.73. The molecule has 0 aromatic carbocycles. The molecule has 1 saturated heterocycles. The first-order valence-electron chi connectivity index (χ1n) is 2.56. The molecule has 1 aliphatic rings. The van der Waals surface area contributed by atoms with Crippen molar-refractivity contribution in [2.24, 2.45) is 0 Å². The summed E-state index contributed by atoms with van der Waals surface area (Å²) in [5.74, 6) is -0.390. The van der Waals surface area contributed by atoms with Crippen molar-refractivity contribution in [3.8, 4) is 0 Å². The fourth-order valence-corrected chi connectivity index (χ4v) is 3.39. The Morgan fingerprint density at radius 2 is 2.00 bits per heavy atom. The van der Waals surface area contributed by atoms with Gasteiger partial charge in [-0.05, 0) is 0 Å². The number of sulfonamides is 1.